The van der Waals surface area contributed by atoms with E-state index in [0.29, 0.717) is 11.3 Å². The maximum atomic E-state index is 12.9. The number of rotatable bonds is 7. The molecular weight excluding hydrogens is 348 g/mol. The Bertz CT molecular complexity index is 867. The maximum Gasteiger partial charge on any atom is 0.261 e. The predicted molar refractivity (Wildman–Crippen MR) is 105 cm³/mol. The third-order valence-corrected chi connectivity index (χ3v) is 5.41. The van der Waals surface area contributed by atoms with E-state index < -0.39 is 10.0 Å². The van der Waals surface area contributed by atoms with Gasteiger partial charge in [0.15, 0.2) is 0 Å². The molecule has 2 N–H and O–H groups in total. The molecule has 6 heteroatoms. The SMILES string of the molecule is CCc1cccc(CC)c1NS(=O)(=O)c1cccc(C(=O)NC(C)C)c1. The predicted octanol–water partition coefficient (Wildman–Crippen LogP) is 3.75. The van der Waals surface area contributed by atoms with Gasteiger partial charge in [-0.25, -0.2) is 8.42 Å². The highest BCUT2D eigenvalue weighted by molar-refractivity contribution is 7.92. The van der Waals surface area contributed by atoms with E-state index in [1.54, 1.807) is 12.1 Å². The van der Waals surface area contributed by atoms with E-state index in [0.717, 1.165) is 24.0 Å². The molecule has 0 aliphatic carbocycles. The van der Waals surface area contributed by atoms with Crippen molar-refractivity contribution >= 4 is 21.6 Å². The van der Waals surface area contributed by atoms with Crippen molar-refractivity contribution in [2.45, 2.75) is 51.5 Å². The molecule has 0 aliphatic rings. The lowest BCUT2D eigenvalue weighted by Gasteiger charge is -2.16. The minimum Gasteiger partial charge on any atom is -0.350 e. The molecule has 0 fully saturated rings. The van der Waals surface area contributed by atoms with E-state index in [1.165, 1.54) is 12.1 Å². The first kappa shape index (κ1) is 20.0. The molecular formula is C20H26N2O3S. The summed E-state index contributed by atoms with van der Waals surface area (Å²) in [6, 6.07) is 11.8. The van der Waals surface area contributed by atoms with Gasteiger partial charge in [0.25, 0.3) is 15.9 Å². The largest absolute Gasteiger partial charge is 0.350 e. The van der Waals surface area contributed by atoms with E-state index in [9.17, 15) is 13.2 Å². The molecule has 0 saturated heterocycles. The molecule has 2 rings (SSSR count). The van der Waals surface area contributed by atoms with Crippen LogP contribution in [0.3, 0.4) is 0 Å². The summed E-state index contributed by atoms with van der Waals surface area (Å²) in [5, 5.41) is 2.77. The van der Waals surface area contributed by atoms with Crippen molar-refractivity contribution in [2.24, 2.45) is 0 Å². The quantitative estimate of drug-likeness (QED) is 0.775. The van der Waals surface area contributed by atoms with Gasteiger partial charge in [-0.1, -0.05) is 38.1 Å². The van der Waals surface area contributed by atoms with Crippen LogP contribution in [0.4, 0.5) is 5.69 Å². The average molecular weight is 375 g/mol. The number of anilines is 1. The summed E-state index contributed by atoms with van der Waals surface area (Å²) in [5.41, 5.74) is 2.85. The molecule has 140 valence electrons. The van der Waals surface area contributed by atoms with Crippen molar-refractivity contribution in [1.29, 1.82) is 0 Å². The Labute approximate surface area is 155 Å². The highest BCUT2D eigenvalue weighted by atomic mass is 32.2. The number of hydrogen-bond acceptors (Lipinski definition) is 3. The molecule has 0 aromatic heterocycles. The molecule has 2 aromatic rings. The number of hydrogen-bond donors (Lipinski definition) is 2. The van der Waals surface area contributed by atoms with Crippen LogP contribution in [-0.4, -0.2) is 20.4 Å². The van der Waals surface area contributed by atoms with Gasteiger partial charge >= 0.3 is 0 Å². The third kappa shape index (κ3) is 4.64. The Balaban J connectivity index is 2.39. The van der Waals surface area contributed by atoms with Crippen LogP contribution in [0.1, 0.15) is 49.2 Å². The van der Waals surface area contributed by atoms with Gasteiger partial charge in [0.05, 0.1) is 10.6 Å². The number of amides is 1. The lowest BCUT2D eigenvalue weighted by atomic mass is 10.0. The second kappa shape index (κ2) is 8.36. The normalized spacial score (nSPS) is 11.4. The average Bonchev–Trinajstić information content (AvgIpc) is 2.61. The number of carbonyl (C=O) groups is 1. The molecule has 0 atom stereocenters. The maximum absolute atomic E-state index is 12.9. The van der Waals surface area contributed by atoms with E-state index in [-0.39, 0.29) is 16.8 Å². The standard InChI is InChI=1S/C20H26N2O3S/c1-5-15-9-7-10-16(6-2)19(15)22-26(24,25)18-12-8-11-17(13-18)20(23)21-14(3)4/h7-14,22H,5-6H2,1-4H3,(H,21,23). The van der Waals surface area contributed by atoms with Gasteiger partial charge in [0.2, 0.25) is 0 Å². The van der Waals surface area contributed by atoms with E-state index in [1.807, 2.05) is 45.9 Å². The molecule has 5 nitrogen and oxygen atoms in total. The van der Waals surface area contributed by atoms with Crippen molar-refractivity contribution in [2.75, 3.05) is 4.72 Å². The molecule has 0 unspecified atom stereocenters. The minimum absolute atomic E-state index is 0.0237. The Hall–Kier alpha value is -2.34. The highest BCUT2D eigenvalue weighted by Crippen LogP contribution is 2.26. The van der Waals surface area contributed by atoms with Crippen molar-refractivity contribution in [3.63, 3.8) is 0 Å². The fourth-order valence-electron chi connectivity index (χ4n) is 2.72. The van der Waals surface area contributed by atoms with Gasteiger partial charge in [-0.05, 0) is 56.0 Å². The first-order valence-corrected chi connectivity index (χ1v) is 10.3. The van der Waals surface area contributed by atoms with Crippen LogP contribution in [0.15, 0.2) is 47.4 Å². The van der Waals surface area contributed by atoms with Crippen molar-refractivity contribution in [3.8, 4) is 0 Å². The van der Waals surface area contributed by atoms with Crippen molar-refractivity contribution < 1.29 is 13.2 Å². The molecule has 0 aliphatic heterocycles. The highest BCUT2D eigenvalue weighted by Gasteiger charge is 2.19. The molecule has 0 heterocycles. The topological polar surface area (TPSA) is 75.3 Å². The Morgan fingerprint density at radius 3 is 2.12 bits per heavy atom. The summed E-state index contributed by atoms with van der Waals surface area (Å²) in [6.45, 7) is 7.69. The lowest BCUT2D eigenvalue weighted by Crippen LogP contribution is -2.30. The first-order chi connectivity index (χ1) is 12.3. The van der Waals surface area contributed by atoms with Crippen LogP contribution >= 0.6 is 0 Å². The smallest absolute Gasteiger partial charge is 0.261 e. The number of sulfonamides is 1. The van der Waals surface area contributed by atoms with Crippen molar-refractivity contribution in [1.82, 2.24) is 5.32 Å². The molecule has 0 bridgehead atoms. The second-order valence-corrected chi connectivity index (χ2v) is 8.10. The van der Waals surface area contributed by atoms with Gasteiger partial charge in [-0.3, -0.25) is 9.52 Å². The summed E-state index contributed by atoms with van der Waals surface area (Å²) in [6.07, 6.45) is 1.45. The third-order valence-electron chi connectivity index (χ3n) is 4.06. The number of benzene rings is 2. The monoisotopic (exact) mass is 374 g/mol. The van der Waals surface area contributed by atoms with Gasteiger partial charge in [-0.2, -0.15) is 0 Å². The molecule has 0 spiro atoms. The van der Waals surface area contributed by atoms with Gasteiger partial charge in [0.1, 0.15) is 0 Å². The number of nitrogens with one attached hydrogen (secondary N) is 2. The molecule has 0 radical (unpaired) electrons. The zero-order chi connectivity index (χ0) is 19.3. The van der Waals surface area contributed by atoms with Crippen LogP contribution in [0.2, 0.25) is 0 Å². The van der Waals surface area contributed by atoms with Crippen LogP contribution in [-0.2, 0) is 22.9 Å². The second-order valence-electron chi connectivity index (χ2n) is 6.42. The number of para-hydroxylation sites is 1. The summed E-state index contributed by atoms with van der Waals surface area (Å²) >= 11 is 0. The summed E-state index contributed by atoms with van der Waals surface area (Å²) < 4.78 is 28.5. The molecule has 1 amide bonds. The van der Waals surface area contributed by atoms with Gasteiger partial charge in [-0.15, -0.1) is 0 Å². The molecule has 26 heavy (non-hydrogen) atoms. The summed E-state index contributed by atoms with van der Waals surface area (Å²) in [7, 11) is -3.79. The van der Waals surface area contributed by atoms with Gasteiger partial charge in [0, 0.05) is 11.6 Å². The molecule has 2 aromatic carbocycles. The Morgan fingerprint density at radius 2 is 1.58 bits per heavy atom. The Kier molecular flexibility index (Phi) is 6.42. The lowest BCUT2D eigenvalue weighted by molar-refractivity contribution is 0.0943. The summed E-state index contributed by atoms with van der Waals surface area (Å²) in [4.78, 5) is 12.2. The Morgan fingerprint density at radius 1 is 1.00 bits per heavy atom. The summed E-state index contributed by atoms with van der Waals surface area (Å²) in [5.74, 6) is -0.291. The fourth-order valence-corrected chi connectivity index (χ4v) is 3.91. The van der Waals surface area contributed by atoms with E-state index in [4.69, 9.17) is 0 Å². The van der Waals surface area contributed by atoms with Crippen LogP contribution in [0.5, 0.6) is 0 Å². The van der Waals surface area contributed by atoms with Crippen LogP contribution in [0.25, 0.3) is 0 Å². The minimum atomic E-state index is -3.79. The molecule has 0 saturated carbocycles. The van der Waals surface area contributed by atoms with Crippen LogP contribution in [0, 0.1) is 0 Å². The number of aryl methyl sites for hydroxylation is 2. The number of carbonyl (C=O) groups excluding carboxylic acids is 1. The fraction of sp³-hybridized carbons (Fsp3) is 0.350. The zero-order valence-corrected chi connectivity index (χ0v) is 16.5. The van der Waals surface area contributed by atoms with E-state index in [2.05, 4.69) is 10.0 Å². The van der Waals surface area contributed by atoms with E-state index >= 15 is 0 Å². The van der Waals surface area contributed by atoms with Gasteiger partial charge < -0.3 is 5.32 Å². The van der Waals surface area contributed by atoms with Crippen molar-refractivity contribution in [3.05, 3.63) is 59.2 Å². The van der Waals surface area contributed by atoms with Crippen LogP contribution < -0.4 is 10.0 Å². The zero-order valence-electron chi connectivity index (χ0n) is 15.7. The first-order valence-electron chi connectivity index (χ1n) is 8.83.